The monoisotopic (exact) mass is 349 g/mol. The molecule has 0 heterocycles. The van der Waals surface area contributed by atoms with Crippen molar-refractivity contribution in [1.82, 2.24) is 4.31 Å². The lowest BCUT2D eigenvalue weighted by molar-refractivity contribution is 0.0600. The number of methoxy groups -OCH3 is 2. The molecular formula is C17H19NO5S. The van der Waals surface area contributed by atoms with E-state index in [0.29, 0.717) is 11.3 Å². The van der Waals surface area contributed by atoms with Crippen molar-refractivity contribution in [2.45, 2.75) is 11.4 Å². The Morgan fingerprint density at radius 1 is 1.00 bits per heavy atom. The molecule has 0 radical (unpaired) electrons. The van der Waals surface area contributed by atoms with Gasteiger partial charge in [-0.1, -0.05) is 12.1 Å². The van der Waals surface area contributed by atoms with Gasteiger partial charge < -0.3 is 9.47 Å². The molecule has 0 aromatic heterocycles. The quantitative estimate of drug-likeness (QED) is 0.748. The summed E-state index contributed by atoms with van der Waals surface area (Å²) in [7, 11) is 0.702. The summed E-state index contributed by atoms with van der Waals surface area (Å²) in [6, 6.07) is 12.8. The normalized spacial score (nSPS) is 11.3. The molecule has 0 amide bonds. The van der Waals surface area contributed by atoms with Crippen molar-refractivity contribution in [2.75, 3.05) is 21.3 Å². The summed E-state index contributed by atoms with van der Waals surface area (Å²) >= 11 is 0. The first-order valence-corrected chi connectivity index (χ1v) is 8.60. The van der Waals surface area contributed by atoms with Gasteiger partial charge in [0.2, 0.25) is 10.0 Å². The van der Waals surface area contributed by atoms with Crippen LogP contribution in [0.2, 0.25) is 0 Å². The molecule has 0 aliphatic rings. The molecule has 0 spiro atoms. The predicted molar refractivity (Wildman–Crippen MR) is 89.4 cm³/mol. The number of carbonyl (C=O) groups is 1. The van der Waals surface area contributed by atoms with Gasteiger partial charge in [-0.25, -0.2) is 13.2 Å². The number of ether oxygens (including phenoxy) is 2. The molecule has 0 aliphatic heterocycles. The molecule has 24 heavy (non-hydrogen) atoms. The van der Waals surface area contributed by atoms with Crippen molar-refractivity contribution in [1.29, 1.82) is 0 Å². The van der Waals surface area contributed by atoms with Gasteiger partial charge in [-0.3, -0.25) is 0 Å². The maximum atomic E-state index is 12.6. The van der Waals surface area contributed by atoms with Crippen molar-refractivity contribution in [3.05, 3.63) is 59.7 Å². The SMILES string of the molecule is COC(=O)c1ccc(S(=O)(=O)N(C)Cc2ccc(OC)cc2)cc1. The standard InChI is InChI=1S/C17H19NO5S/c1-18(12-13-4-8-15(22-2)9-5-13)24(20,21)16-10-6-14(7-11-16)17(19)23-3/h4-11H,12H2,1-3H3. The molecule has 0 saturated carbocycles. The number of esters is 1. The van der Waals surface area contributed by atoms with Crippen LogP contribution < -0.4 is 4.74 Å². The molecule has 128 valence electrons. The fourth-order valence-corrected chi connectivity index (χ4v) is 3.29. The van der Waals surface area contributed by atoms with E-state index in [1.165, 1.54) is 42.7 Å². The van der Waals surface area contributed by atoms with E-state index in [1.807, 2.05) is 12.1 Å². The molecule has 2 aromatic carbocycles. The Morgan fingerprint density at radius 3 is 2.08 bits per heavy atom. The summed E-state index contributed by atoms with van der Waals surface area (Å²) in [4.78, 5) is 11.5. The van der Waals surface area contributed by atoms with Crippen LogP contribution in [-0.4, -0.2) is 40.0 Å². The lowest BCUT2D eigenvalue weighted by Gasteiger charge is -2.17. The first-order chi connectivity index (χ1) is 11.4. The molecule has 0 bridgehead atoms. The zero-order valence-electron chi connectivity index (χ0n) is 13.7. The maximum Gasteiger partial charge on any atom is 0.337 e. The summed E-state index contributed by atoms with van der Waals surface area (Å²) in [5.74, 6) is 0.202. The van der Waals surface area contributed by atoms with Gasteiger partial charge in [-0.15, -0.1) is 0 Å². The molecule has 0 saturated heterocycles. The number of benzene rings is 2. The molecule has 2 aromatic rings. The minimum absolute atomic E-state index is 0.117. The second kappa shape index (κ2) is 7.46. The van der Waals surface area contributed by atoms with Gasteiger partial charge in [0.1, 0.15) is 5.75 Å². The van der Waals surface area contributed by atoms with Crippen LogP contribution in [-0.2, 0) is 21.3 Å². The molecule has 0 unspecified atom stereocenters. The fourth-order valence-electron chi connectivity index (χ4n) is 2.13. The number of carbonyl (C=O) groups excluding carboxylic acids is 1. The van der Waals surface area contributed by atoms with Gasteiger partial charge in [0.25, 0.3) is 0 Å². The van der Waals surface area contributed by atoms with E-state index in [2.05, 4.69) is 4.74 Å². The summed E-state index contributed by atoms with van der Waals surface area (Å²) in [5.41, 5.74) is 1.14. The van der Waals surface area contributed by atoms with Gasteiger partial charge in [-0.2, -0.15) is 4.31 Å². The topological polar surface area (TPSA) is 72.9 Å². The molecule has 6 nitrogen and oxygen atoms in total. The highest BCUT2D eigenvalue weighted by atomic mass is 32.2. The summed E-state index contributed by atoms with van der Waals surface area (Å²) in [5, 5.41) is 0. The predicted octanol–water partition coefficient (Wildman–Crippen LogP) is 2.30. The minimum Gasteiger partial charge on any atom is -0.497 e. The van der Waals surface area contributed by atoms with E-state index in [9.17, 15) is 13.2 Å². The van der Waals surface area contributed by atoms with Crippen LogP contribution in [0.5, 0.6) is 5.75 Å². The Kier molecular flexibility index (Phi) is 5.58. The van der Waals surface area contributed by atoms with Gasteiger partial charge in [0, 0.05) is 13.6 Å². The highest BCUT2D eigenvalue weighted by Crippen LogP contribution is 2.19. The van der Waals surface area contributed by atoms with E-state index in [1.54, 1.807) is 19.2 Å². The number of hydrogen-bond acceptors (Lipinski definition) is 5. The molecule has 0 N–H and O–H groups in total. The van der Waals surface area contributed by atoms with Crippen LogP contribution in [0.15, 0.2) is 53.4 Å². The largest absolute Gasteiger partial charge is 0.497 e. The van der Waals surface area contributed by atoms with Crippen LogP contribution in [0.25, 0.3) is 0 Å². The van der Waals surface area contributed by atoms with Crippen molar-refractivity contribution in [3.8, 4) is 5.75 Å². The lowest BCUT2D eigenvalue weighted by atomic mass is 10.2. The van der Waals surface area contributed by atoms with Gasteiger partial charge in [0.15, 0.2) is 0 Å². The molecule has 0 atom stereocenters. The van der Waals surface area contributed by atoms with E-state index >= 15 is 0 Å². The van der Waals surface area contributed by atoms with E-state index in [-0.39, 0.29) is 11.4 Å². The van der Waals surface area contributed by atoms with E-state index in [0.717, 1.165) is 5.56 Å². The maximum absolute atomic E-state index is 12.6. The third-order valence-corrected chi connectivity index (χ3v) is 5.37. The highest BCUT2D eigenvalue weighted by molar-refractivity contribution is 7.89. The first kappa shape index (κ1) is 18.0. The van der Waals surface area contributed by atoms with Crippen LogP contribution in [0, 0.1) is 0 Å². The average molecular weight is 349 g/mol. The Labute approximate surface area is 141 Å². The second-order valence-corrected chi connectivity index (χ2v) is 7.17. The average Bonchev–Trinajstić information content (AvgIpc) is 2.61. The number of nitrogens with zero attached hydrogens (tertiary/aromatic N) is 1. The van der Waals surface area contributed by atoms with Crippen molar-refractivity contribution < 1.29 is 22.7 Å². The molecule has 0 fully saturated rings. The summed E-state index contributed by atoms with van der Waals surface area (Å²) < 4.78 is 36.1. The number of sulfonamides is 1. The van der Waals surface area contributed by atoms with Crippen LogP contribution in [0.1, 0.15) is 15.9 Å². The van der Waals surface area contributed by atoms with Crippen LogP contribution in [0.3, 0.4) is 0 Å². The van der Waals surface area contributed by atoms with Crippen molar-refractivity contribution in [3.63, 3.8) is 0 Å². The Morgan fingerprint density at radius 2 is 1.58 bits per heavy atom. The lowest BCUT2D eigenvalue weighted by Crippen LogP contribution is -2.26. The Balaban J connectivity index is 2.17. The van der Waals surface area contributed by atoms with Crippen molar-refractivity contribution >= 4 is 16.0 Å². The van der Waals surface area contributed by atoms with Gasteiger partial charge in [0.05, 0.1) is 24.7 Å². The summed E-state index contributed by atoms with van der Waals surface area (Å²) in [6.07, 6.45) is 0. The van der Waals surface area contributed by atoms with Crippen LogP contribution >= 0.6 is 0 Å². The summed E-state index contributed by atoms with van der Waals surface area (Å²) in [6.45, 7) is 0.227. The molecule has 2 rings (SSSR count). The van der Waals surface area contributed by atoms with E-state index < -0.39 is 16.0 Å². The zero-order chi connectivity index (χ0) is 17.7. The zero-order valence-corrected chi connectivity index (χ0v) is 14.5. The Hall–Kier alpha value is -2.38. The number of rotatable bonds is 6. The molecular weight excluding hydrogens is 330 g/mol. The molecule has 7 heteroatoms. The second-order valence-electron chi connectivity index (χ2n) is 5.13. The van der Waals surface area contributed by atoms with Gasteiger partial charge in [-0.05, 0) is 42.0 Å². The molecule has 0 aliphatic carbocycles. The third kappa shape index (κ3) is 3.93. The number of hydrogen-bond donors (Lipinski definition) is 0. The first-order valence-electron chi connectivity index (χ1n) is 7.16. The van der Waals surface area contributed by atoms with Crippen LogP contribution in [0.4, 0.5) is 0 Å². The van der Waals surface area contributed by atoms with Gasteiger partial charge >= 0.3 is 5.97 Å². The fraction of sp³-hybridized carbons (Fsp3) is 0.235. The third-order valence-electron chi connectivity index (χ3n) is 3.55. The Bertz CT molecular complexity index is 798. The minimum atomic E-state index is -3.65. The highest BCUT2D eigenvalue weighted by Gasteiger charge is 2.21. The van der Waals surface area contributed by atoms with E-state index in [4.69, 9.17) is 4.74 Å². The smallest absolute Gasteiger partial charge is 0.337 e. The van der Waals surface area contributed by atoms with Crippen molar-refractivity contribution in [2.24, 2.45) is 0 Å².